The fourth-order valence-corrected chi connectivity index (χ4v) is 2.78. The van der Waals surface area contributed by atoms with Crippen LogP contribution in [-0.2, 0) is 4.79 Å². The number of hydrogen-bond acceptors (Lipinski definition) is 3. The first-order chi connectivity index (χ1) is 10.9. The molecule has 0 aliphatic heterocycles. The molecule has 122 valence electrons. The Morgan fingerprint density at radius 2 is 1.91 bits per heavy atom. The maximum atomic E-state index is 12.6. The standard InChI is InChI=1S/C17H19ClN2O3/c1-10(16(22)19-2)9-20(3)17(23)13-8-14(18)11-6-4-5-7-12(11)15(13)21/h4-8,10,21H,9H2,1-3H3,(H,19,22). The van der Waals surface area contributed by atoms with E-state index in [0.29, 0.717) is 15.8 Å². The van der Waals surface area contributed by atoms with Crippen molar-refractivity contribution >= 4 is 34.2 Å². The zero-order valence-electron chi connectivity index (χ0n) is 13.3. The van der Waals surface area contributed by atoms with Crippen molar-refractivity contribution < 1.29 is 14.7 Å². The Balaban J connectivity index is 2.34. The molecular weight excluding hydrogens is 316 g/mol. The number of nitrogens with zero attached hydrogens (tertiary/aromatic N) is 1. The first kappa shape index (κ1) is 17.1. The van der Waals surface area contributed by atoms with Crippen molar-refractivity contribution in [2.45, 2.75) is 6.92 Å². The fraction of sp³-hybridized carbons (Fsp3) is 0.294. The Morgan fingerprint density at radius 3 is 2.52 bits per heavy atom. The molecule has 0 saturated carbocycles. The van der Waals surface area contributed by atoms with Crippen molar-refractivity contribution in [1.29, 1.82) is 0 Å². The highest BCUT2D eigenvalue weighted by molar-refractivity contribution is 6.36. The Morgan fingerprint density at radius 1 is 1.30 bits per heavy atom. The number of hydrogen-bond donors (Lipinski definition) is 2. The molecule has 2 amide bonds. The van der Waals surface area contributed by atoms with Crippen LogP contribution < -0.4 is 5.32 Å². The molecule has 0 fully saturated rings. The highest BCUT2D eigenvalue weighted by Crippen LogP contribution is 2.34. The van der Waals surface area contributed by atoms with Gasteiger partial charge in [-0.15, -0.1) is 0 Å². The van der Waals surface area contributed by atoms with Gasteiger partial charge in [0, 0.05) is 36.4 Å². The van der Waals surface area contributed by atoms with Crippen LogP contribution in [0.1, 0.15) is 17.3 Å². The van der Waals surface area contributed by atoms with Crippen LogP contribution >= 0.6 is 11.6 Å². The van der Waals surface area contributed by atoms with Crippen LogP contribution in [0.15, 0.2) is 30.3 Å². The minimum Gasteiger partial charge on any atom is -0.506 e. The second-order valence-corrected chi connectivity index (χ2v) is 5.91. The van der Waals surface area contributed by atoms with Crippen LogP contribution in [0.4, 0.5) is 0 Å². The predicted molar refractivity (Wildman–Crippen MR) is 90.8 cm³/mol. The van der Waals surface area contributed by atoms with Gasteiger partial charge in [-0.3, -0.25) is 9.59 Å². The number of aromatic hydroxyl groups is 1. The molecule has 23 heavy (non-hydrogen) atoms. The third kappa shape index (κ3) is 3.40. The number of phenolic OH excluding ortho intramolecular Hbond substituents is 1. The first-order valence-corrected chi connectivity index (χ1v) is 7.61. The molecule has 2 aromatic carbocycles. The van der Waals surface area contributed by atoms with Crippen molar-refractivity contribution in [2.75, 3.05) is 20.6 Å². The summed E-state index contributed by atoms with van der Waals surface area (Å²) in [5, 5.41) is 14.6. The van der Waals surface area contributed by atoms with E-state index in [2.05, 4.69) is 5.32 Å². The Bertz CT molecular complexity index is 761. The van der Waals surface area contributed by atoms with Gasteiger partial charge in [0.2, 0.25) is 5.91 Å². The van der Waals surface area contributed by atoms with E-state index in [0.717, 1.165) is 0 Å². The van der Waals surface area contributed by atoms with E-state index in [9.17, 15) is 14.7 Å². The molecule has 2 rings (SSSR count). The van der Waals surface area contributed by atoms with Crippen LogP contribution in [0.3, 0.4) is 0 Å². The van der Waals surface area contributed by atoms with Crippen LogP contribution in [0.25, 0.3) is 10.8 Å². The highest BCUT2D eigenvalue weighted by atomic mass is 35.5. The van der Waals surface area contributed by atoms with Gasteiger partial charge < -0.3 is 15.3 Å². The number of nitrogens with one attached hydrogen (secondary N) is 1. The summed E-state index contributed by atoms with van der Waals surface area (Å²) in [5.74, 6) is -0.988. The van der Waals surface area contributed by atoms with Crippen molar-refractivity contribution in [3.63, 3.8) is 0 Å². The third-order valence-electron chi connectivity index (χ3n) is 3.78. The SMILES string of the molecule is CNC(=O)C(C)CN(C)C(=O)c1cc(Cl)c2ccccc2c1O. The lowest BCUT2D eigenvalue weighted by Gasteiger charge is -2.21. The molecule has 2 aromatic rings. The van der Waals surface area contributed by atoms with Gasteiger partial charge in [-0.2, -0.15) is 0 Å². The van der Waals surface area contributed by atoms with E-state index in [1.807, 2.05) is 6.07 Å². The second kappa shape index (κ2) is 6.87. The number of halogens is 1. The van der Waals surface area contributed by atoms with Gasteiger partial charge in [0.15, 0.2) is 0 Å². The van der Waals surface area contributed by atoms with Gasteiger partial charge in [-0.25, -0.2) is 0 Å². The molecule has 1 atom stereocenters. The second-order valence-electron chi connectivity index (χ2n) is 5.50. The summed E-state index contributed by atoms with van der Waals surface area (Å²) in [6.07, 6.45) is 0. The lowest BCUT2D eigenvalue weighted by Crippen LogP contribution is -2.37. The molecule has 0 saturated heterocycles. The first-order valence-electron chi connectivity index (χ1n) is 7.24. The monoisotopic (exact) mass is 334 g/mol. The third-order valence-corrected chi connectivity index (χ3v) is 4.10. The predicted octanol–water partition coefficient (Wildman–Crippen LogP) is 2.65. The summed E-state index contributed by atoms with van der Waals surface area (Å²) < 4.78 is 0. The maximum absolute atomic E-state index is 12.6. The molecule has 0 radical (unpaired) electrons. The summed E-state index contributed by atoms with van der Waals surface area (Å²) in [7, 11) is 3.14. The highest BCUT2D eigenvalue weighted by Gasteiger charge is 2.22. The van der Waals surface area contributed by atoms with E-state index in [1.54, 1.807) is 39.2 Å². The molecule has 0 aromatic heterocycles. The van der Waals surface area contributed by atoms with Gasteiger partial charge >= 0.3 is 0 Å². The van der Waals surface area contributed by atoms with Crippen molar-refractivity contribution in [2.24, 2.45) is 5.92 Å². The van der Waals surface area contributed by atoms with E-state index in [1.165, 1.54) is 11.0 Å². The topological polar surface area (TPSA) is 69.6 Å². The molecule has 0 heterocycles. The zero-order chi connectivity index (χ0) is 17.1. The lowest BCUT2D eigenvalue weighted by molar-refractivity contribution is -0.124. The Labute approximate surface area is 139 Å². The van der Waals surface area contributed by atoms with Gasteiger partial charge in [-0.05, 0) is 6.07 Å². The number of phenols is 1. The number of carbonyl (C=O) groups is 2. The van der Waals surface area contributed by atoms with Gasteiger partial charge in [0.25, 0.3) is 5.91 Å². The van der Waals surface area contributed by atoms with Crippen LogP contribution in [0, 0.1) is 5.92 Å². The van der Waals surface area contributed by atoms with Crippen LogP contribution in [0.2, 0.25) is 5.02 Å². The molecular formula is C17H19ClN2O3. The van der Waals surface area contributed by atoms with Crippen molar-refractivity contribution in [3.05, 3.63) is 40.9 Å². The fourth-order valence-electron chi connectivity index (χ4n) is 2.51. The van der Waals surface area contributed by atoms with Crippen LogP contribution in [0.5, 0.6) is 5.75 Å². The number of fused-ring (bicyclic) bond motifs is 1. The number of benzene rings is 2. The molecule has 0 aliphatic rings. The van der Waals surface area contributed by atoms with Gasteiger partial charge in [-0.1, -0.05) is 42.8 Å². The minimum absolute atomic E-state index is 0.102. The van der Waals surface area contributed by atoms with E-state index in [-0.39, 0.29) is 35.6 Å². The minimum atomic E-state index is -0.383. The van der Waals surface area contributed by atoms with Crippen molar-refractivity contribution in [3.8, 4) is 5.75 Å². The number of rotatable bonds is 4. The molecule has 0 aliphatic carbocycles. The van der Waals surface area contributed by atoms with Gasteiger partial charge in [0.05, 0.1) is 11.5 Å². The molecule has 0 spiro atoms. The number of amides is 2. The Kier molecular flexibility index (Phi) is 5.11. The molecule has 6 heteroatoms. The number of carbonyl (C=O) groups excluding carboxylic acids is 2. The average Bonchev–Trinajstić information content (AvgIpc) is 2.56. The molecule has 2 N–H and O–H groups in total. The quantitative estimate of drug-likeness (QED) is 0.903. The average molecular weight is 335 g/mol. The normalized spacial score (nSPS) is 12.0. The van der Waals surface area contributed by atoms with E-state index < -0.39 is 0 Å². The van der Waals surface area contributed by atoms with Crippen LogP contribution in [-0.4, -0.2) is 42.5 Å². The lowest BCUT2D eigenvalue weighted by atomic mass is 10.0. The van der Waals surface area contributed by atoms with E-state index in [4.69, 9.17) is 11.6 Å². The summed E-state index contributed by atoms with van der Waals surface area (Å²) in [5.41, 5.74) is 0.125. The molecule has 1 unspecified atom stereocenters. The largest absolute Gasteiger partial charge is 0.506 e. The van der Waals surface area contributed by atoms with Crippen molar-refractivity contribution in [1.82, 2.24) is 10.2 Å². The summed E-state index contributed by atoms with van der Waals surface area (Å²) in [6, 6.07) is 8.53. The smallest absolute Gasteiger partial charge is 0.257 e. The molecule has 5 nitrogen and oxygen atoms in total. The maximum Gasteiger partial charge on any atom is 0.257 e. The molecule has 0 bridgehead atoms. The summed E-state index contributed by atoms with van der Waals surface area (Å²) >= 11 is 6.22. The van der Waals surface area contributed by atoms with E-state index >= 15 is 0 Å². The summed E-state index contributed by atoms with van der Waals surface area (Å²) in [4.78, 5) is 25.6. The Hall–Kier alpha value is -2.27. The van der Waals surface area contributed by atoms with Gasteiger partial charge in [0.1, 0.15) is 5.75 Å². The summed E-state index contributed by atoms with van der Waals surface area (Å²) in [6.45, 7) is 1.97. The zero-order valence-corrected chi connectivity index (χ0v) is 14.0.